The maximum Gasteiger partial charge on any atom is 0.216 e. The second-order valence-electron chi connectivity index (χ2n) is 6.04. The zero-order chi connectivity index (χ0) is 19.2. The maximum atomic E-state index is 6.28. The lowest BCUT2D eigenvalue weighted by Crippen LogP contribution is -2.05. The Kier molecular flexibility index (Phi) is 6.21. The van der Waals surface area contributed by atoms with E-state index in [0.29, 0.717) is 15.6 Å². The van der Waals surface area contributed by atoms with Crippen molar-refractivity contribution in [2.75, 3.05) is 0 Å². The van der Waals surface area contributed by atoms with Crippen molar-refractivity contribution in [3.63, 3.8) is 0 Å². The van der Waals surface area contributed by atoms with Crippen LogP contribution in [0.15, 0.2) is 64.7 Å². The fraction of sp³-hybridized carbons (Fsp3) is 0.150. The van der Waals surface area contributed by atoms with Crippen molar-refractivity contribution < 1.29 is 4.74 Å². The molecule has 0 aliphatic carbocycles. The minimum Gasteiger partial charge on any atom is -0.491 e. The van der Waals surface area contributed by atoms with Crippen LogP contribution >= 0.6 is 23.8 Å². The molecule has 0 fully saturated rings. The minimum absolute atomic E-state index is 0.0843. The SMILES string of the molecule is CC(C)Oc1cccc(-c2n[nH]c(=S)n2N=CC(Cl)=Cc2ccccc2)c1. The quantitative estimate of drug-likeness (QED) is 0.440. The van der Waals surface area contributed by atoms with Crippen molar-refractivity contribution in [1.82, 2.24) is 14.9 Å². The number of H-pyrrole nitrogens is 1. The van der Waals surface area contributed by atoms with Gasteiger partial charge in [0.2, 0.25) is 4.77 Å². The molecule has 0 saturated heterocycles. The number of allylic oxidation sites excluding steroid dienone is 1. The van der Waals surface area contributed by atoms with Crippen molar-refractivity contribution in [3.05, 3.63) is 70.0 Å². The van der Waals surface area contributed by atoms with Crippen LogP contribution in [0.2, 0.25) is 0 Å². The first-order chi connectivity index (χ1) is 13.0. The molecule has 27 heavy (non-hydrogen) atoms. The molecule has 3 rings (SSSR count). The van der Waals surface area contributed by atoms with E-state index in [9.17, 15) is 0 Å². The first-order valence-electron chi connectivity index (χ1n) is 8.44. The molecule has 0 spiro atoms. The lowest BCUT2D eigenvalue weighted by Gasteiger charge is -2.10. The fourth-order valence-electron chi connectivity index (χ4n) is 2.42. The number of ether oxygens (including phenoxy) is 1. The summed E-state index contributed by atoms with van der Waals surface area (Å²) in [6.07, 6.45) is 3.45. The van der Waals surface area contributed by atoms with E-state index in [-0.39, 0.29) is 6.10 Å². The van der Waals surface area contributed by atoms with Gasteiger partial charge in [0.05, 0.1) is 17.4 Å². The molecule has 1 aromatic heterocycles. The number of aromatic amines is 1. The maximum absolute atomic E-state index is 6.28. The van der Waals surface area contributed by atoms with Crippen LogP contribution in [0.4, 0.5) is 0 Å². The molecule has 1 N–H and O–H groups in total. The largest absolute Gasteiger partial charge is 0.491 e. The summed E-state index contributed by atoms with van der Waals surface area (Å²) in [7, 11) is 0. The third kappa shape index (κ3) is 5.15. The van der Waals surface area contributed by atoms with Crippen LogP contribution in [0, 0.1) is 4.77 Å². The van der Waals surface area contributed by atoms with Gasteiger partial charge in [-0.05, 0) is 49.8 Å². The van der Waals surface area contributed by atoms with E-state index in [4.69, 9.17) is 28.6 Å². The number of hydrogen-bond donors (Lipinski definition) is 1. The van der Waals surface area contributed by atoms with Gasteiger partial charge >= 0.3 is 0 Å². The van der Waals surface area contributed by atoms with Gasteiger partial charge in [0.1, 0.15) is 5.75 Å². The summed E-state index contributed by atoms with van der Waals surface area (Å²) < 4.78 is 7.65. The molecule has 0 saturated carbocycles. The van der Waals surface area contributed by atoms with Gasteiger partial charge in [-0.1, -0.05) is 54.1 Å². The second-order valence-corrected chi connectivity index (χ2v) is 6.87. The van der Waals surface area contributed by atoms with Gasteiger partial charge in [-0.15, -0.1) is 0 Å². The highest BCUT2D eigenvalue weighted by Gasteiger charge is 2.09. The molecule has 1 heterocycles. The molecule has 0 radical (unpaired) electrons. The molecule has 0 aliphatic rings. The number of benzene rings is 2. The number of rotatable bonds is 6. The van der Waals surface area contributed by atoms with Crippen LogP contribution in [0.5, 0.6) is 5.75 Å². The van der Waals surface area contributed by atoms with E-state index in [0.717, 1.165) is 16.9 Å². The Morgan fingerprint density at radius 1 is 1.22 bits per heavy atom. The smallest absolute Gasteiger partial charge is 0.216 e. The van der Waals surface area contributed by atoms with E-state index >= 15 is 0 Å². The molecule has 2 aromatic carbocycles. The zero-order valence-corrected chi connectivity index (χ0v) is 16.5. The summed E-state index contributed by atoms with van der Waals surface area (Å²) in [5, 5.41) is 11.9. The van der Waals surface area contributed by atoms with E-state index in [1.165, 1.54) is 10.9 Å². The monoisotopic (exact) mass is 398 g/mol. The average molecular weight is 399 g/mol. The lowest BCUT2D eigenvalue weighted by atomic mass is 10.2. The first-order valence-corrected chi connectivity index (χ1v) is 9.22. The molecule has 3 aromatic rings. The highest BCUT2D eigenvalue weighted by molar-refractivity contribution is 7.71. The Balaban J connectivity index is 1.89. The highest BCUT2D eigenvalue weighted by Crippen LogP contribution is 2.23. The van der Waals surface area contributed by atoms with Crippen LogP contribution < -0.4 is 4.74 Å². The Bertz CT molecular complexity index is 1020. The molecule has 7 heteroatoms. The van der Waals surface area contributed by atoms with Crippen LogP contribution in [0.25, 0.3) is 17.5 Å². The van der Waals surface area contributed by atoms with Gasteiger partial charge in [0, 0.05) is 5.56 Å². The number of halogens is 1. The average Bonchev–Trinajstić information content (AvgIpc) is 3.01. The molecule has 5 nitrogen and oxygen atoms in total. The zero-order valence-electron chi connectivity index (χ0n) is 15.0. The van der Waals surface area contributed by atoms with Crippen molar-refractivity contribution in [1.29, 1.82) is 0 Å². The minimum atomic E-state index is 0.0843. The normalized spacial score (nSPS) is 12.1. The third-order valence-electron chi connectivity index (χ3n) is 3.52. The summed E-state index contributed by atoms with van der Waals surface area (Å²) in [5.74, 6) is 1.34. The van der Waals surface area contributed by atoms with Crippen LogP contribution in [0.3, 0.4) is 0 Å². The van der Waals surface area contributed by atoms with Crippen molar-refractivity contribution in [2.45, 2.75) is 20.0 Å². The van der Waals surface area contributed by atoms with E-state index in [1.807, 2.05) is 74.5 Å². The van der Waals surface area contributed by atoms with Crippen molar-refractivity contribution in [2.24, 2.45) is 5.10 Å². The molecule has 0 amide bonds. The Hall–Kier alpha value is -2.70. The lowest BCUT2D eigenvalue weighted by molar-refractivity contribution is 0.242. The van der Waals surface area contributed by atoms with Gasteiger partial charge in [-0.2, -0.15) is 14.9 Å². The van der Waals surface area contributed by atoms with E-state index < -0.39 is 0 Å². The predicted molar refractivity (Wildman–Crippen MR) is 113 cm³/mol. The summed E-state index contributed by atoms with van der Waals surface area (Å²) in [4.78, 5) is 0. The van der Waals surface area contributed by atoms with E-state index in [2.05, 4.69) is 15.3 Å². The molecular formula is C20H19ClN4OS. The Morgan fingerprint density at radius 2 is 2.00 bits per heavy atom. The second kappa shape index (κ2) is 8.79. The van der Waals surface area contributed by atoms with Crippen LogP contribution in [-0.2, 0) is 0 Å². The Labute approximate surface area is 168 Å². The van der Waals surface area contributed by atoms with Crippen LogP contribution in [-0.4, -0.2) is 27.2 Å². The molecule has 0 aliphatic heterocycles. The van der Waals surface area contributed by atoms with Gasteiger partial charge in [0.25, 0.3) is 0 Å². The summed E-state index contributed by atoms with van der Waals surface area (Å²) in [6, 6.07) is 17.4. The molecule has 0 bridgehead atoms. The molecule has 138 valence electrons. The number of nitrogens with zero attached hydrogens (tertiary/aromatic N) is 3. The summed E-state index contributed by atoms with van der Waals surface area (Å²) >= 11 is 11.6. The Morgan fingerprint density at radius 3 is 2.74 bits per heavy atom. The van der Waals surface area contributed by atoms with Gasteiger partial charge in [-0.25, -0.2) is 5.10 Å². The van der Waals surface area contributed by atoms with Crippen LogP contribution in [0.1, 0.15) is 19.4 Å². The van der Waals surface area contributed by atoms with Gasteiger partial charge < -0.3 is 4.74 Å². The number of hydrogen-bond acceptors (Lipinski definition) is 4. The number of nitrogens with one attached hydrogen (secondary N) is 1. The summed E-state index contributed by atoms with van der Waals surface area (Å²) in [6.45, 7) is 3.96. The predicted octanol–water partition coefficient (Wildman–Crippen LogP) is 5.51. The molecule has 0 unspecified atom stereocenters. The topological polar surface area (TPSA) is 55.2 Å². The summed E-state index contributed by atoms with van der Waals surface area (Å²) in [5.41, 5.74) is 1.82. The molecule has 0 atom stereocenters. The molecular weight excluding hydrogens is 380 g/mol. The first kappa shape index (κ1) is 19.1. The highest BCUT2D eigenvalue weighted by atomic mass is 35.5. The third-order valence-corrected chi connectivity index (χ3v) is 3.99. The van der Waals surface area contributed by atoms with Crippen molar-refractivity contribution >= 4 is 36.1 Å². The fourth-order valence-corrected chi connectivity index (χ4v) is 2.77. The van der Waals surface area contributed by atoms with Gasteiger partial charge in [0.15, 0.2) is 5.82 Å². The van der Waals surface area contributed by atoms with Gasteiger partial charge in [-0.3, -0.25) is 0 Å². The van der Waals surface area contributed by atoms with E-state index in [1.54, 1.807) is 0 Å². The number of aromatic nitrogens is 3. The standard InChI is InChI=1S/C20H19ClN4OS/c1-14(2)26-18-10-6-9-16(12-18)19-23-24-20(27)25(19)22-13-17(21)11-15-7-4-3-5-8-15/h3-14H,1-2H3,(H,24,27). The van der Waals surface area contributed by atoms with Crippen molar-refractivity contribution in [3.8, 4) is 17.1 Å².